The molecular formula is C25H28N2O6. The van der Waals surface area contributed by atoms with Crippen LogP contribution in [0.25, 0.3) is 11.1 Å². The summed E-state index contributed by atoms with van der Waals surface area (Å²) in [5.74, 6) is -1.83. The third-order valence-corrected chi connectivity index (χ3v) is 6.72. The normalized spacial score (nSPS) is 17.6. The molecule has 4 rings (SSSR count). The van der Waals surface area contributed by atoms with Crippen LogP contribution in [0.1, 0.15) is 43.2 Å². The molecular weight excluding hydrogens is 424 g/mol. The molecule has 0 aromatic heterocycles. The largest absolute Gasteiger partial charge is 0.480 e. The molecule has 2 aromatic carbocycles. The summed E-state index contributed by atoms with van der Waals surface area (Å²) in [5, 5.41) is 14.6. The van der Waals surface area contributed by atoms with Crippen LogP contribution in [0.4, 0.5) is 4.79 Å². The van der Waals surface area contributed by atoms with Crippen LogP contribution < -0.4 is 10.6 Å². The van der Waals surface area contributed by atoms with Crippen molar-refractivity contribution >= 4 is 18.0 Å². The third kappa shape index (κ3) is 4.30. The zero-order valence-corrected chi connectivity index (χ0v) is 18.7. The minimum Gasteiger partial charge on any atom is -0.480 e. The van der Waals surface area contributed by atoms with Gasteiger partial charge >= 0.3 is 12.1 Å². The number of methoxy groups -OCH3 is 1. The van der Waals surface area contributed by atoms with Crippen LogP contribution in [0.3, 0.4) is 0 Å². The summed E-state index contributed by atoms with van der Waals surface area (Å²) >= 11 is 0. The molecule has 0 spiro atoms. The molecule has 0 aliphatic heterocycles. The average Bonchev–Trinajstić information content (AvgIpc) is 3.11. The Labute approximate surface area is 192 Å². The highest BCUT2D eigenvalue weighted by Gasteiger charge is 2.47. The number of ether oxygens (including phenoxy) is 2. The number of carboxylic acids is 1. The molecule has 0 heterocycles. The van der Waals surface area contributed by atoms with E-state index in [-0.39, 0.29) is 12.5 Å². The van der Waals surface area contributed by atoms with Gasteiger partial charge in [-0.2, -0.15) is 0 Å². The molecule has 8 heteroatoms. The SMILES string of the molecule is COC(C)C(NC(=O)C1(NC(=O)OCC2c3ccccc3-c3ccccc32)CCC1)C(=O)O. The lowest BCUT2D eigenvalue weighted by atomic mass is 9.76. The lowest BCUT2D eigenvalue weighted by Crippen LogP contribution is -2.65. The molecule has 0 saturated heterocycles. The summed E-state index contributed by atoms with van der Waals surface area (Å²) in [4.78, 5) is 37.1. The second-order valence-corrected chi connectivity index (χ2v) is 8.62. The van der Waals surface area contributed by atoms with E-state index in [1.807, 2.05) is 36.4 Å². The zero-order valence-electron chi connectivity index (χ0n) is 18.7. The Morgan fingerprint density at radius 1 is 1.06 bits per heavy atom. The Morgan fingerprint density at radius 2 is 1.64 bits per heavy atom. The van der Waals surface area contributed by atoms with Crippen molar-refractivity contribution in [1.82, 2.24) is 10.6 Å². The van der Waals surface area contributed by atoms with E-state index in [1.165, 1.54) is 7.11 Å². The highest BCUT2D eigenvalue weighted by Crippen LogP contribution is 2.44. The van der Waals surface area contributed by atoms with Crippen LogP contribution >= 0.6 is 0 Å². The molecule has 2 amide bonds. The molecule has 1 fully saturated rings. The highest BCUT2D eigenvalue weighted by atomic mass is 16.5. The summed E-state index contributed by atoms with van der Waals surface area (Å²) < 4.78 is 10.6. The molecule has 2 unspecified atom stereocenters. The number of carbonyl (C=O) groups is 3. The summed E-state index contributed by atoms with van der Waals surface area (Å²) in [6, 6.07) is 14.9. The third-order valence-electron chi connectivity index (χ3n) is 6.72. The number of hydrogen-bond acceptors (Lipinski definition) is 5. The van der Waals surface area contributed by atoms with Gasteiger partial charge in [0.05, 0.1) is 6.10 Å². The average molecular weight is 453 g/mol. The van der Waals surface area contributed by atoms with Gasteiger partial charge in [-0.05, 0) is 48.4 Å². The van der Waals surface area contributed by atoms with E-state index >= 15 is 0 Å². The van der Waals surface area contributed by atoms with Crippen molar-refractivity contribution in [3.63, 3.8) is 0 Å². The van der Waals surface area contributed by atoms with Gasteiger partial charge in [0.2, 0.25) is 5.91 Å². The van der Waals surface area contributed by atoms with Crippen molar-refractivity contribution in [2.45, 2.75) is 49.8 Å². The van der Waals surface area contributed by atoms with Gasteiger partial charge in [-0.3, -0.25) is 4.79 Å². The molecule has 174 valence electrons. The summed E-state index contributed by atoms with van der Waals surface area (Å²) in [7, 11) is 1.38. The first kappa shape index (κ1) is 22.8. The van der Waals surface area contributed by atoms with Gasteiger partial charge in [0, 0.05) is 13.0 Å². The number of carboxylic acid groups (broad SMARTS) is 1. The number of fused-ring (bicyclic) bond motifs is 3. The number of benzene rings is 2. The quantitative estimate of drug-likeness (QED) is 0.567. The molecule has 8 nitrogen and oxygen atoms in total. The second kappa shape index (κ2) is 9.23. The van der Waals surface area contributed by atoms with Crippen LogP contribution in [-0.4, -0.2) is 54.5 Å². The first-order valence-electron chi connectivity index (χ1n) is 11.1. The number of nitrogens with one attached hydrogen (secondary N) is 2. The Bertz CT molecular complexity index is 1020. The first-order valence-corrected chi connectivity index (χ1v) is 11.1. The van der Waals surface area contributed by atoms with Crippen molar-refractivity contribution in [2.24, 2.45) is 0 Å². The number of hydrogen-bond donors (Lipinski definition) is 3. The number of aliphatic carboxylic acids is 1. The fourth-order valence-electron chi connectivity index (χ4n) is 4.56. The van der Waals surface area contributed by atoms with Crippen molar-refractivity contribution < 1.29 is 29.0 Å². The van der Waals surface area contributed by atoms with Gasteiger partial charge in [0.15, 0.2) is 6.04 Å². The molecule has 1 saturated carbocycles. The van der Waals surface area contributed by atoms with E-state index in [4.69, 9.17) is 9.47 Å². The fraction of sp³-hybridized carbons (Fsp3) is 0.400. The Balaban J connectivity index is 1.42. The van der Waals surface area contributed by atoms with Gasteiger partial charge < -0.3 is 25.2 Å². The van der Waals surface area contributed by atoms with Crippen LogP contribution in [0.2, 0.25) is 0 Å². The Hall–Kier alpha value is -3.39. The molecule has 2 aliphatic rings. The molecule has 2 aliphatic carbocycles. The molecule has 33 heavy (non-hydrogen) atoms. The maximum atomic E-state index is 12.9. The van der Waals surface area contributed by atoms with Crippen LogP contribution in [0, 0.1) is 0 Å². The van der Waals surface area contributed by atoms with E-state index < -0.39 is 35.7 Å². The van der Waals surface area contributed by atoms with Gasteiger partial charge in [0.25, 0.3) is 0 Å². The molecule has 2 aromatic rings. The van der Waals surface area contributed by atoms with Gasteiger partial charge in [0.1, 0.15) is 12.1 Å². The van der Waals surface area contributed by atoms with Crippen LogP contribution in [-0.2, 0) is 19.1 Å². The van der Waals surface area contributed by atoms with E-state index in [2.05, 4.69) is 22.8 Å². The monoisotopic (exact) mass is 452 g/mol. The number of carbonyl (C=O) groups excluding carboxylic acids is 2. The minimum atomic E-state index is -1.22. The van der Waals surface area contributed by atoms with Crippen molar-refractivity contribution in [3.8, 4) is 11.1 Å². The smallest absolute Gasteiger partial charge is 0.408 e. The fourth-order valence-corrected chi connectivity index (χ4v) is 4.56. The molecule has 3 N–H and O–H groups in total. The van der Waals surface area contributed by atoms with Crippen molar-refractivity contribution in [2.75, 3.05) is 13.7 Å². The van der Waals surface area contributed by atoms with Gasteiger partial charge in [-0.1, -0.05) is 48.5 Å². The van der Waals surface area contributed by atoms with Crippen molar-refractivity contribution in [3.05, 3.63) is 59.7 Å². The standard InChI is InChI=1S/C25H28N2O6/c1-15(32-2)21(22(28)29)26-23(30)25(12-7-13-25)27-24(31)33-14-20-18-10-5-3-8-16(18)17-9-4-6-11-19(17)20/h3-6,8-11,15,20-21H,7,12-14H2,1-2H3,(H,26,30)(H,27,31)(H,28,29). The molecule has 0 radical (unpaired) electrons. The first-order chi connectivity index (χ1) is 15.9. The number of amides is 2. The lowest BCUT2D eigenvalue weighted by Gasteiger charge is -2.41. The number of alkyl carbamates (subject to hydrolysis) is 1. The summed E-state index contributed by atoms with van der Waals surface area (Å²) in [6.07, 6.45) is 0.152. The number of rotatable bonds is 8. The Morgan fingerprint density at radius 3 is 2.12 bits per heavy atom. The van der Waals surface area contributed by atoms with E-state index in [1.54, 1.807) is 6.92 Å². The van der Waals surface area contributed by atoms with Gasteiger partial charge in [-0.25, -0.2) is 9.59 Å². The molecule has 0 bridgehead atoms. The summed E-state index contributed by atoms with van der Waals surface area (Å²) in [5.41, 5.74) is 3.28. The van der Waals surface area contributed by atoms with Crippen molar-refractivity contribution in [1.29, 1.82) is 0 Å². The topological polar surface area (TPSA) is 114 Å². The van der Waals surface area contributed by atoms with Gasteiger partial charge in [-0.15, -0.1) is 0 Å². The maximum absolute atomic E-state index is 12.9. The highest BCUT2D eigenvalue weighted by molar-refractivity contribution is 5.93. The Kier molecular flexibility index (Phi) is 6.37. The van der Waals surface area contributed by atoms with E-state index in [0.29, 0.717) is 12.8 Å². The zero-order chi connectivity index (χ0) is 23.6. The second-order valence-electron chi connectivity index (χ2n) is 8.62. The van der Waals surface area contributed by atoms with Crippen LogP contribution in [0.15, 0.2) is 48.5 Å². The molecule has 2 atom stereocenters. The predicted octanol–water partition coefficient (Wildman–Crippen LogP) is 3.05. The van der Waals surface area contributed by atoms with E-state index in [9.17, 15) is 19.5 Å². The van der Waals surface area contributed by atoms with Crippen LogP contribution in [0.5, 0.6) is 0 Å². The maximum Gasteiger partial charge on any atom is 0.408 e. The summed E-state index contributed by atoms with van der Waals surface area (Å²) in [6.45, 7) is 1.70. The lowest BCUT2D eigenvalue weighted by molar-refractivity contribution is -0.147. The van der Waals surface area contributed by atoms with E-state index in [0.717, 1.165) is 28.7 Å². The predicted molar refractivity (Wildman–Crippen MR) is 121 cm³/mol. The minimum absolute atomic E-state index is 0.0896.